The van der Waals surface area contributed by atoms with Crippen LogP contribution in [0.25, 0.3) is 0 Å². The Balaban J connectivity index is 4.22. The Morgan fingerprint density at radius 2 is 1.60 bits per heavy atom. The number of carboxylic acids is 1. The van der Waals surface area contributed by atoms with Crippen LogP contribution in [0, 0.1) is 0 Å². The molecule has 0 heterocycles. The van der Waals surface area contributed by atoms with Gasteiger partial charge in [0, 0.05) is 0 Å². The van der Waals surface area contributed by atoms with Crippen molar-refractivity contribution in [3.8, 4) is 0 Å². The molecule has 0 fully saturated rings. The van der Waals surface area contributed by atoms with E-state index < -0.39 is 29.6 Å². The third-order valence-electron chi connectivity index (χ3n) is 1.48. The highest BCUT2D eigenvalue weighted by Crippen LogP contribution is 2.17. The molecule has 0 saturated heterocycles. The van der Waals surface area contributed by atoms with Gasteiger partial charge in [-0.1, -0.05) is 0 Å². The summed E-state index contributed by atoms with van der Waals surface area (Å²) < 4.78 is 4.96. The van der Waals surface area contributed by atoms with Gasteiger partial charge >= 0.3 is 11.9 Å². The molecule has 1 unspecified atom stereocenters. The molecule has 15 heavy (non-hydrogen) atoms. The molecule has 0 saturated carbocycles. The zero-order valence-electron chi connectivity index (χ0n) is 9.53. The van der Waals surface area contributed by atoms with Gasteiger partial charge in [0.2, 0.25) is 0 Å². The fourth-order valence-corrected chi connectivity index (χ4v) is 1.08. The van der Waals surface area contributed by atoms with E-state index >= 15 is 0 Å². The van der Waals surface area contributed by atoms with Crippen molar-refractivity contribution in [3.05, 3.63) is 0 Å². The summed E-state index contributed by atoms with van der Waals surface area (Å²) in [4.78, 5) is 21.7. The molecular formula is C10H18O5. The summed E-state index contributed by atoms with van der Waals surface area (Å²) in [5.74, 6) is -1.75. The molecule has 0 aliphatic carbocycles. The summed E-state index contributed by atoms with van der Waals surface area (Å²) in [5, 5.41) is 18.1. The van der Waals surface area contributed by atoms with Crippen LogP contribution in [0.2, 0.25) is 0 Å². The topological polar surface area (TPSA) is 83.8 Å². The molecule has 0 amide bonds. The Morgan fingerprint density at radius 1 is 1.13 bits per heavy atom. The minimum atomic E-state index is -1.56. The van der Waals surface area contributed by atoms with E-state index in [0.29, 0.717) is 0 Å². The van der Waals surface area contributed by atoms with Gasteiger partial charge in [0.25, 0.3) is 0 Å². The molecule has 5 nitrogen and oxygen atoms in total. The smallest absolute Gasteiger partial charge is 0.309 e. The Kier molecular flexibility index (Phi) is 4.27. The molecule has 88 valence electrons. The lowest BCUT2D eigenvalue weighted by Gasteiger charge is -2.24. The number of hydrogen-bond donors (Lipinski definition) is 2. The second kappa shape index (κ2) is 4.61. The highest BCUT2D eigenvalue weighted by atomic mass is 16.6. The molecule has 0 rings (SSSR count). The van der Waals surface area contributed by atoms with Crippen molar-refractivity contribution >= 4 is 11.9 Å². The lowest BCUT2D eigenvalue weighted by Crippen LogP contribution is -2.34. The number of carbonyl (C=O) groups is 2. The van der Waals surface area contributed by atoms with Crippen molar-refractivity contribution in [1.29, 1.82) is 0 Å². The predicted octanol–water partition coefficient (Wildman–Crippen LogP) is 0.944. The predicted molar refractivity (Wildman–Crippen MR) is 53.3 cm³/mol. The van der Waals surface area contributed by atoms with Crippen LogP contribution in [0.15, 0.2) is 0 Å². The van der Waals surface area contributed by atoms with E-state index in [0.717, 1.165) is 0 Å². The van der Waals surface area contributed by atoms with E-state index in [4.69, 9.17) is 9.84 Å². The molecule has 0 aromatic rings. The van der Waals surface area contributed by atoms with Crippen molar-refractivity contribution in [2.24, 2.45) is 0 Å². The molecule has 0 bridgehead atoms. The number of esters is 1. The molecule has 0 aromatic heterocycles. The maximum absolute atomic E-state index is 11.3. The normalized spacial score (nSPS) is 15.5. The number of aliphatic hydroxyl groups is 1. The molecule has 1 atom stereocenters. The van der Waals surface area contributed by atoms with Crippen LogP contribution in [-0.2, 0) is 14.3 Å². The van der Waals surface area contributed by atoms with E-state index in [1.165, 1.54) is 6.92 Å². The van der Waals surface area contributed by atoms with Crippen LogP contribution in [0.3, 0.4) is 0 Å². The molecule has 2 N–H and O–H groups in total. The molecule has 0 aromatic carbocycles. The minimum absolute atomic E-state index is 0.323. The molecule has 5 heteroatoms. The summed E-state index contributed by atoms with van der Waals surface area (Å²) in [6.45, 7) is 6.41. The zero-order chi connectivity index (χ0) is 12.3. The van der Waals surface area contributed by atoms with Gasteiger partial charge in [-0.15, -0.1) is 0 Å². The number of carboxylic acid groups (broad SMARTS) is 1. The fourth-order valence-electron chi connectivity index (χ4n) is 1.08. The van der Waals surface area contributed by atoms with Gasteiger partial charge in [0.1, 0.15) is 5.60 Å². The average Bonchev–Trinajstić information content (AvgIpc) is 1.73. The Labute approximate surface area is 89.0 Å². The largest absolute Gasteiger partial charge is 0.481 e. The van der Waals surface area contributed by atoms with Crippen molar-refractivity contribution in [2.75, 3.05) is 0 Å². The fraction of sp³-hybridized carbons (Fsp3) is 0.800. The van der Waals surface area contributed by atoms with E-state index in [2.05, 4.69) is 0 Å². The Bertz CT molecular complexity index is 249. The first-order valence-corrected chi connectivity index (χ1v) is 4.68. The first-order chi connectivity index (χ1) is 6.52. The molecule has 0 aliphatic heterocycles. The number of aliphatic carboxylic acids is 1. The summed E-state index contributed by atoms with van der Waals surface area (Å²) in [6.07, 6.45) is -0.803. The third-order valence-corrected chi connectivity index (χ3v) is 1.48. The van der Waals surface area contributed by atoms with E-state index in [1.807, 2.05) is 0 Å². The number of ether oxygens (including phenoxy) is 1. The van der Waals surface area contributed by atoms with Crippen LogP contribution in [0.5, 0.6) is 0 Å². The Hall–Kier alpha value is -1.10. The van der Waals surface area contributed by atoms with Crippen molar-refractivity contribution < 1.29 is 24.5 Å². The lowest BCUT2D eigenvalue weighted by atomic mass is 9.98. The Morgan fingerprint density at radius 3 is 1.93 bits per heavy atom. The third kappa shape index (κ3) is 7.93. The second-order valence-corrected chi connectivity index (χ2v) is 4.83. The maximum atomic E-state index is 11.3. The monoisotopic (exact) mass is 218 g/mol. The van der Waals surface area contributed by atoms with Crippen molar-refractivity contribution in [3.63, 3.8) is 0 Å². The van der Waals surface area contributed by atoms with E-state index in [9.17, 15) is 14.7 Å². The maximum Gasteiger partial charge on any atom is 0.309 e. The van der Waals surface area contributed by atoms with Gasteiger partial charge in [-0.2, -0.15) is 0 Å². The van der Waals surface area contributed by atoms with Gasteiger partial charge < -0.3 is 14.9 Å². The highest BCUT2D eigenvalue weighted by Gasteiger charge is 2.30. The first-order valence-electron chi connectivity index (χ1n) is 4.68. The SMILES string of the molecule is CC(O)(CC(=O)O)CC(=O)OC(C)(C)C. The van der Waals surface area contributed by atoms with E-state index in [-0.39, 0.29) is 6.42 Å². The standard InChI is InChI=1S/C10H18O5/c1-9(2,3)15-8(13)6-10(4,14)5-7(11)12/h14H,5-6H2,1-4H3,(H,11,12). The van der Waals surface area contributed by atoms with Crippen LogP contribution >= 0.6 is 0 Å². The lowest BCUT2D eigenvalue weighted by molar-refractivity contribution is -0.161. The van der Waals surface area contributed by atoms with Crippen molar-refractivity contribution in [2.45, 2.75) is 51.7 Å². The van der Waals surface area contributed by atoms with Crippen LogP contribution in [0.1, 0.15) is 40.5 Å². The van der Waals surface area contributed by atoms with Gasteiger partial charge in [0.05, 0.1) is 18.4 Å². The zero-order valence-corrected chi connectivity index (χ0v) is 9.53. The van der Waals surface area contributed by atoms with E-state index in [1.54, 1.807) is 20.8 Å². The molecule has 0 radical (unpaired) electrons. The summed E-state index contributed by atoms with van der Waals surface area (Å²) in [6, 6.07) is 0. The highest BCUT2D eigenvalue weighted by molar-refractivity contribution is 5.74. The van der Waals surface area contributed by atoms with Crippen molar-refractivity contribution in [1.82, 2.24) is 0 Å². The minimum Gasteiger partial charge on any atom is -0.481 e. The van der Waals surface area contributed by atoms with Crippen LogP contribution < -0.4 is 0 Å². The summed E-state index contributed by atoms with van der Waals surface area (Å²) >= 11 is 0. The molecule has 0 spiro atoms. The second-order valence-electron chi connectivity index (χ2n) is 4.83. The quantitative estimate of drug-likeness (QED) is 0.686. The van der Waals surface area contributed by atoms with Crippen LogP contribution in [-0.4, -0.2) is 33.4 Å². The summed E-state index contributed by atoms with van der Waals surface area (Å²) in [7, 11) is 0. The number of carbonyl (C=O) groups excluding carboxylic acids is 1. The van der Waals surface area contributed by atoms with Gasteiger partial charge in [-0.05, 0) is 27.7 Å². The van der Waals surface area contributed by atoms with Gasteiger partial charge in [0.15, 0.2) is 0 Å². The van der Waals surface area contributed by atoms with Crippen LogP contribution in [0.4, 0.5) is 0 Å². The molecular weight excluding hydrogens is 200 g/mol. The van der Waals surface area contributed by atoms with Gasteiger partial charge in [-0.25, -0.2) is 0 Å². The first kappa shape index (κ1) is 13.9. The average molecular weight is 218 g/mol. The number of hydrogen-bond acceptors (Lipinski definition) is 4. The summed E-state index contributed by atoms with van der Waals surface area (Å²) in [5.41, 5.74) is -2.19. The molecule has 0 aliphatic rings. The number of rotatable bonds is 4. The van der Waals surface area contributed by atoms with Gasteiger partial charge in [-0.3, -0.25) is 9.59 Å².